The molecule has 0 saturated carbocycles. The van der Waals surface area contributed by atoms with Crippen LogP contribution in [0, 0.1) is 5.92 Å². The third kappa shape index (κ3) is 4.45. The highest BCUT2D eigenvalue weighted by Crippen LogP contribution is 2.30. The van der Waals surface area contributed by atoms with Crippen molar-refractivity contribution in [3.05, 3.63) is 53.5 Å². The fraction of sp³-hybridized carbons (Fsp3) is 0.400. The van der Waals surface area contributed by atoms with E-state index in [1.165, 1.54) is 6.07 Å². The molecule has 154 valence electrons. The molecule has 6 nitrogen and oxygen atoms in total. The summed E-state index contributed by atoms with van der Waals surface area (Å²) in [5.41, 5.74) is 1.71. The summed E-state index contributed by atoms with van der Waals surface area (Å²) in [5, 5.41) is 7.61. The van der Waals surface area contributed by atoms with Crippen molar-refractivity contribution in [1.29, 1.82) is 0 Å². The predicted molar refractivity (Wildman–Crippen MR) is 104 cm³/mol. The summed E-state index contributed by atoms with van der Waals surface area (Å²) < 4.78 is 40.3. The second kappa shape index (κ2) is 7.55. The van der Waals surface area contributed by atoms with Gasteiger partial charge in [-0.15, -0.1) is 0 Å². The summed E-state index contributed by atoms with van der Waals surface area (Å²) >= 11 is 0. The van der Waals surface area contributed by atoms with Crippen LogP contribution < -0.4 is 5.32 Å². The Morgan fingerprint density at radius 1 is 1.24 bits per heavy atom. The molecule has 0 spiro atoms. The minimum Gasteiger partial charge on any atom is -0.356 e. The highest BCUT2D eigenvalue weighted by atomic mass is 19.4. The molecule has 29 heavy (non-hydrogen) atoms. The number of anilines is 1. The molecular weight excluding hydrogens is 381 g/mol. The molecule has 0 fully saturated rings. The number of halogens is 3. The van der Waals surface area contributed by atoms with E-state index >= 15 is 0 Å². The molecule has 0 aliphatic carbocycles. The molecule has 0 amide bonds. The van der Waals surface area contributed by atoms with E-state index < -0.39 is 11.7 Å². The highest BCUT2D eigenvalue weighted by Gasteiger charge is 2.30. The number of aromatic amines is 1. The van der Waals surface area contributed by atoms with E-state index in [-0.39, 0.29) is 6.54 Å². The van der Waals surface area contributed by atoms with Crippen molar-refractivity contribution in [2.75, 3.05) is 18.5 Å². The van der Waals surface area contributed by atoms with Crippen molar-refractivity contribution in [2.24, 2.45) is 5.92 Å². The lowest BCUT2D eigenvalue weighted by Gasteiger charge is -2.28. The van der Waals surface area contributed by atoms with Gasteiger partial charge in [0.1, 0.15) is 11.6 Å². The van der Waals surface area contributed by atoms with Gasteiger partial charge in [-0.3, -0.25) is 9.58 Å². The van der Waals surface area contributed by atoms with Gasteiger partial charge >= 0.3 is 6.18 Å². The maximum atomic E-state index is 12.9. The molecule has 0 atom stereocenters. The van der Waals surface area contributed by atoms with Crippen LogP contribution in [0.5, 0.6) is 0 Å². The summed E-state index contributed by atoms with van der Waals surface area (Å²) in [6, 6.07) is 5.30. The zero-order chi connectivity index (χ0) is 20.6. The summed E-state index contributed by atoms with van der Waals surface area (Å²) in [5.74, 6) is 2.12. The lowest BCUT2D eigenvalue weighted by molar-refractivity contribution is -0.137. The van der Waals surface area contributed by atoms with Crippen molar-refractivity contribution in [1.82, 2.24) is 24.6 Å². The maximum Gasteiger partial charge on any atom is 0.416 e. The van der Waals surface area contributed by atoms with Crippen LogP contribution in [0.2, 0.25) is 0 Å². The number of aromatic nitrogens is 4. The molecule has 4 rings (SSSR count). The second-order valence-electron chi connectivity index (χ2n) is 7.78. The van der Waals surface area contributed by atoms with E-state index in [1.807, 2.05) is 0 Å². The van der Waals surface area contributed by atoms with Gasteiger partial charge in [-0.25, -0.2) is 4.98 Å². The lowest BCUT2D eigenvalue weighted by Crippen LogP contribution is -2.36. The topological polar surface area (TPSA) is 61.8 Å². The van der Waals surface area contributed by atoms with Crippen molar-refractivity contribution in [3.63, 3.8) is 0 Å². The highest BCUT2D eigenvalue weighted by molar-refractivity contribution is 5.59. The summed E-state index contributed by atoms with van der Waals surface area (Å²) in [4.78, 5) is 10.3. The average Bonchev–Trinajstić information content (AvgIpc) is 3.27. The molecule has 2 aromatic heterocycles. The van der Waals surface area contributed by atoms with E-state index in [1.54, 1.807) is 23.1 Å². The molecule has 0 radical (unpaired) electrons. The van der Waals surface area contributed by atoms with Crippen molar-refractivity contribution in [3.8, 4) is 11.4 Å². The molecule has 9 heteroatoms. The molecule has 3 heterocycles. The Kier molecular flexibility index (Phi) is 5.08. The van der Waals surface area contributed by atoms with Crippen LogP contribution in [0.25, 0.3) is 11.4 Å². The molecule has 1 aromatic carbocycles. The predicted octanol–water partition coefficient (Wildman–Crippen LogP) is 4.18. The quantitative estimate of drug-likeness (QED) is 0.670. The molecule has 0 unspecified atom stereocenters. The fourth-order valence-corrected chi connectivity index (χ4v) is 3.52. The number of imidazole rings is 1. The summed E-state index contributed by atoms with van der Waals surface area (Å²) in [6.45, 7) is 7.18. The number of alkyl halides is 3. The monoisotopic (exact) mass is 404 g/mol. The van der Waals surface area contributed by atoms with Crippen LogP contribution in [0.1, 0.15) is 30.7 Å². The standard InChI is InChI=1S/C20H23F3N6/c1-13(2)8-28-11-17-19(24-12-28)27-18(26-17)15-7-25-29(10-15)9-14-4-3-5-16(6-14)20(21,22)23/h3-7,10,13,24H,8-9,11-12H2,1-2H3,(H,26,27). The van der Waals surface area contributed by atoms with E-state index in [9.17, 15) is 13.2 Å². The van der Waals surface area contributed by atoms with Gasteiger partial charge in [0, 0.05) is 19.3 Å². The SMILES string of the molecule is CC(C)CN1CNc2nc(-c3cnn(Cc4cccc(C(F)(F)F)c4)c3)[nH]c2C1. The second-order valence-corrected chi connectivity index (χ2v) is 7.78. The van der Waals surface area contributed by atoms with Gasteiger partial charge in [0.15, 0.2) is 0 Å². The third-order valence-electron chi connectivity index (χ3n) is 4.76. The van der Waals surface area contributed by atoms with Crippen molar-refractivity contribution >= 4 is 5.82 Å². The number of H-pyrrole nitrogens is 1. The van der Waals surface area contributed by atoms with Gasteiger partial charge in [-0.2, -0.15) is 18.3 Å². The van der Waals surface area contributed by atoms with Crippen molar-refractivity contribution < 1.29 is 13.2 Å². The Morgan fingerprint density at radius 2 is 2.07 bits per heavy atom. The van der Waals surface area contributed by atoms with Crippen molar-refractivity contribution in [2.45, 2.75) is 33.1 Å². The molecule has 3 aromatic rings. The van der Waals surface area contributed by atoms with Crippen LogP contribution in [-0.4, -0.2) is 37.9 Å². The summed E-state index contributed by atoms with van der Waals surface area (Å²) in [7, 11) is 0. The van der Waals surface area contributed by atoms with Gasteiger partial charge in [0.05, 0.1) is 36.2 Å². The first-order valence-electron chi connectivity index (χ1n) is 9.52. The minimum absolute atomic E-state index is 0.255. The summed E-state index contributed by atoms with van der Waals surface area (Å²) in [6.07, 6.45) is -0.894. The Bertz CT molecular complexity index is 988. The van der Waals surface area contributed by atoms with Crippen LogP contribution in [0.4, 0.5) is 19.0 Å². The molecule has 0 bridgehead atoms. The van der Waals surface area contributed by atoms with E-state index in [0.29, 0.717) is 17.3 Å². The van der Waals surface area contributed by atoms with E-state index in [2.05, 4.69) is 39.1 Å². The zero-order valence-corrected chi connectivity index (χ0v) is 16.3. The molecule has 1 aliphatic rings. The Labute approximate surface area is 166 Å². The van der Waals surface area contributed by atoms with E-state index in [0.717, 1.165) is 49.0 Å². The zero-order valence-electron chi connectivity index (χ0n) is 16.3. The maximum absolute atomic E-state index is 12.9. The van der Waals surface area contributed by atoms with Gasteiger partial charge < -0.3 is 10.3 Å². The molecule has 1 aliphatic heterocycles. The first kappa shape index (κ1) is 19.5. The average molecular weight is 404 g/mol. The van der Waals surface area contributed by atoms with Crippen LogP contribution in [0.3, 0.4) is 0 Å². The normalized spacial score (nSPS) is 14.8. The van der Waals surface area contributed by atoms with Gasteiger partial charge in [0.2, 0.25) is 0 Å². The van der Waals surface area contributed by atoms with Crippen LogP contribution in [-0.2, 0) is 19.3 Å². The number of hydrogen-bond acceptors (Lipinski definition) is 4. The number of fused-ring (bicyclic) bond motifs is 1. The van der Waals surface area contributed by atoms with Crippen LogP contribution in [0.15, 0.2) is 36.7 Å². The smallest absolute Gasteiger partial charge is 0.356 e. The van der Waals surface area contributed by atoms with Gasteiger partial charge in [-0.1, -0.05) is 26.0 Å². The van der Waals surface area contributed by atoms with Crippen LogP contribution >= 0.6 is 0 Å². The molecule has 0 saturated heterocycles. The molecular formula is C20H23F3N6. The van der Waals surface area contributed by atoms with E-state index in [4.69, 9.17) is 0 Å². The number of benzene rings is 1. The number of hydrogen-bond donors (Lipinski definition) is 2. The van der Waals surface area contributed by atoms with Gasteiger partial charge in [-0.05, 0) is 23.6 Å². The first-order valence-corrected chi connectivity index (χ1v) is 9.52. The Balaban J connectivity index is 1.49. The first-order chi connectivity index (χ1) is 13.8. The Morgan fingerprint density at radius 3 is 2.83 bits per heavy atom. The fourth-order valence-electron chi connectivity index (χ4n) is 3.52. The minimum atomic E-state index is -4.35. The third-order valence-corrected chi connectivity index (χ3v) is 4.76. The largest absolute Gasteiger partial charge is 0.416 e. The number of nitrogens with one attached hydrogen (secondary N) is 2. The number of rotatable bonds is 5. The lowest BCUT2D eigenvalue weighted by atomic mass is 10.1. The van der Waals surface area contributed by atoms with Gasteiger partial charge in [0.25, 0.3) is 0 Å². The molecule has 2 N–H and O–H groups in total. The number of nitrogens with zero attached hydrogens (tertiary/aromatic N) is 4. The Hall–Kier alpha value is -2.81.